The number of carboxylic acids is 1. The lowest BCUT2D eigenvalue weighted by molar-refractivity contribution is -0.145. The Morgan fingerprint density at radius 1 is 1.15 bits per heavy atom. The molecule has 7 heteroatoms. The van der Waals surface area contributed by atoms with Crippen LogP contribution in [0.4, 0.5) is 0 Å². The summed E-state index contributed by atoms with van der Waals surface area (Å²) in [6.45, 7) is 11.8. The molecule has 0 bridgehead atoms. The zero-order valence-corrected chi connectivity index (χ0v) is 17.2. The van der Waals surface area contributed by atoms with Crippen molar-refractivity contribution in [2.24, 2.45) is 5.92 Å². The maximum absolute atomic E-state index is 12.5. The van der Waals surface area contributed by atoms with Gasteiger partial charge in [-0.25, -0.2) is 0 Å². The highest BCUT2D eigenvalue weighted by atomic mass is 28.4. The van der Waals surface area contributed by atoms with E-state index in [0.717, 1.165) is 4.90 Å². The largest absolute Gasteiger partial charge is 0.481 e. The number of carbonyl (C=O) groups excluding carboxylic acids is 2. The maximum atomic E-state index is 12.5. The van der Waals surface area contributed by atoms with Crippen LogP contribution < -0.4 is 0 Å². The van der Waals surface area contributed by atoms with Crippen LogP contribution in [0, 0.1) is 5.92 Å². The van der Waals surface area contributed by atoms with Gasteiger partial charge in [-0.2, -0.15) is 0 Å². The van der Waals surface area contributed by atoms with E-state index < -0.39 is 38.1 Å². The Bertz CT molecular complexity index is 703. The van der Waals surface area contributed by atoms with Gasteiger partial charge >= 0.3 is 5.97 Å². The van der Waals surface area contributed by atoms with Gasteiger partial charge in [0.25, 0.3) is 11.8 Å². The van der Waals surface area contributed by atoms with E-state index in [2.05, 4.69) is 20.8 Å². The minimum Gasteiger partial charge on any atom is -0.481 e. The summed E-state index contributed by atoms with van der Waals surface area (Å²) in [7, 11) is -2.18. The van der Waals surface area contributed by atoms with E-state index in [1.807, 2.05) is 13.1 Å². The fourth-order valence-electron chi connectivity index (χ4n) is 2.75. The third-order valence-electron chi connectivity index (χ3n) is 5.43. The first-order chi connectivity index (χ1) is 11.9. The number of fused-ring (bicyclic) bond motifs is 1. The summed E-state index contributed by atoms with van der Waals surface area (Å²) in [5.41, 5.74) is 0.638. The normalized spacial score (nSPS) is 17.2. The van der Waals surface area contributed by atoms with E-state index in [1.54, 1.807) is 31.2 Å². The zero-order chi connectivity index (χ0) is 19.9. The summed E-state index contributed by atoms with van der Waals surface area (Å²) < 4.78 is 6.19. The van der Waals surface area contributed by atoms with E-state index in [9.17, 15) is 19.5 Å². The summed E-state index contributed by atoms with van der Waals surface area (Å²) in [6.07, 6.45) is -0.613. The molecule has 1 aliphatic heterocycles. The lowest BCUT2D eigenvalue weighted by atomic mass is 10.0. The molecule has 1 N–H and O–H groups in total. The molecule has 0 aromatic heterocycles. The van der Waals surface area contributed by atoms with E-state index in [1.165, 1.54) is 0 Å². The molecule has 0 saturated heterocycles. The fraction of sp³-hybridized carbons (Fsp3) is 0.526. The summed E-state index contributed by atoms with van der Waals surface area (Å²) >= 11 is 0. The molecular formula is C19H27NO5Si. The minimum absolute atomic E-state index is 0.0696. The molecule has 0 radical (unpaired) electrons. The molecule has 0 spiro atoms. The lowest BCUT2D eigenvalue weighted by Crippen LogP contribution is -2.49. The third-order valence-corrected chi connectivity index (χ3v) is 10.0. The Balaban J connectivity index is 2.21. The van der Waals surface area contributed by atoms with E-state index in [0.29, 0.717) is 11.1 Å². The highest BCUT2D eigenvalue weighted by Crippen LogP contribution is 2.38. The Morgan fingerprint density at radius 2 is 1.62 bits per heavy atom. The van der Waals surface area contributed by atoms with Crippen LogP contribution >= 0.6 is 0 Å². The highest BCUT2D eigenvalue weighted by Gasteiger charge is 2.43. The van der Waals surface area contributed by atoms with Crippen LogP contribution in [-0.2, 0) is 9.22 Å². The number of nitrogens with zero attached hydrogens (tertiary/aromatic N) is 1. The molecule has 0 fully saturated rings. The fourth-order valence-corrected chi connectivity index (χ4v) is 4.20. The molecular weight excluding hydrogens is 350 g/mol. The van der Waals surface area contributed by atoms with Crippen LogP contribution in [0.2, 0.25) is 18.1 Å². The first-order valence-corrected chi connectivity index (χ1v) is 11.6. The number of carbonyl (C=O) groups is 3. The van der Waals surface area contributed by atoms with Crippen molar-refractivity contribution in [2.75, 3.05) is 6.54 Å². The topological polar surface area (TPSA) is 83.9 Å². The molecule has 1 aliphatic rings. The van der Waals surface area contributed by atoms with Crippen LogP contribution in [0.25, 0.3) is 0 Å². The molecule has 0 unspecified atom stereocenters. The third kappa shape index (κ3) is 3.73. The quantitative estimate of drug-likeness (QED) is 0.607. The van der Waals surface area contributed by atoms with Crippen molar-refractivity contribution in [1.82, 2.24) is 4.90 Å². The number of rotatable bonds is 6. The van der Waals surface area contributed by atoms with E-state index in [-0.39, 0.29) is 11.6 Å². The molecule has 1 aromatic carbocycles. The van der Waals surface area contributed by atoms with Crippen molar-refractivity contribution in [1.29, 1.82) is 0 Å². The molecule has 26 heavy (non-hydrogen) atoms. The van der Waals surface area contributed by atoms with Crippen LogP contribution in [0.3, 0.4) is 0 Å². The molecule has 0 aliphatic carbocycles. The van der Waals surface area contributed by atoms with Crippen molar-refractivity contribution in [3.63, 3.8) is 0 Å². The SMILES string of the molecule is C[C@@H](O[Si](C)(C)C(C)(C)C)[C@H](CN1C(=O)c2ccccc2C1=O)C(=O)O. The van der Waals surface area contributed by atoms with Gasteiger partial charge in [-0.15, -0.1) is 0 Å². The molecule has 0 saturated carbocycles. The van der Waals surface area contributed by atoms with Crippen LogP contribution in [-0.4, -0.2) is 48.8 Å². The van der Waals surface area contributed by atoms with Gasteiger partial charge in [0.2, 0.25) is 0 Å². The van der Waals surface area contributed by atoms with Crippen LogP contribution in [0.15, 0.2) is 24.3 Å². The minimum atomic E-state index is -2.18. The number of amides is 2. The van der Waals surface area contributed by atoms with Crippen LogP contribution in [0.5, 0.6) is 0 Å². The highest BCUT2D eigenvalue weighted by molar-refractivity contribution is 6.74. The Hall–Kier alpha value is -1.99. The average molecular weight is 378 g/mol. The van der Waals surface area contributed by atoms with Gasteiger partial charge in [-0.3, -0.25) is 19.3 Å². The number of carboxylic acid groups (broad SMARTS) is 1. The number of aliphatic carboxylic acids is 1. The first-order valence-electron chi connectivity index (χ1n) is 8.72. The average Bonchev–Trinajstić information content (AvgIpc) is 2.75. The van der Waals surface area contributed by atoms with Gasteiger partial charge < -0.3 is 9.53 Å². The predicted octanol–water partition coefficient (Wildman–Crippen LogP) is 3.39. The summed E-state index contributed by atoms with van der Waals surface area (Å²) in [6, 6.07) is 6.54. The summed E-state index contributed by atoms with van der Waals surface area (Å²) in [5.74, 6) is -2.95. The summed E-state index contributed by atoms with van der Waals surface area (Å²) in [5, 5.41) is 9.61. The number of hydrogen-bond donors (Lipinski definition) is 1. The number of benzene rings is 1. The van der Waals surface area contributed by atoms with Crippen molar-refractivity contribution in [2.45, 2.75) is 51.9 Å². The molecule has 1 aromatic rings. The summed E-state index contributed by atoms with van der Waals surface area (Å²) in [4.78, 5) is 37.9. The zero-order valence-electron chi connectivity index (χ0n) is 16.2. The second-order valence-corrected chi connectivity index (χ2v) is 13.1. The molecule has 6 nitrogen and oxygen atoms in total. The van der Waals surface area contributed by atoms with Gasteiger partial charge in [-0.1, -0.05) is 32.9 Å². The standard InChI is InChI=1S/C19H27NO5Si/c1-12(25-26(5,6)19(2,3)4)15(18(23)24)11-20-16(21)13-9-7-8-10-14(13)17(20)22/h7-10,12,15H,11H2,1-6H3,(H,23,24)/t12-,15+/m1/s1. The Kier molecular flexibility index (Phi) is 5.44. The van der Waals surface area contributed by atoms with Gasteiger partial charge in [0.05, 0.1) is 23.1 Å². The second-order valence-electron chi connectivity index (χ2n) is 8.29. The molecule has 142 valence electrons. The molecule has 1 heterocycles. The first kappa shape index (κ1) is 20.3. The van der Waals surface area contributed by atoms with Crippen molar-refractivity contribution in [3.05, 3.63) is 35.4 Å². The van der Waals surface area contributed by atoms with Gasteiger partial charge in [-0.05, 0) is 37.2 Å². The monoisotopic (exact) mass is 377 g/mol. The predicted molar refractivity (Wildman–Crippen MR) is 101 cm³/mol. The molecule has 2 atom stereocenters. The van der Waals surface area contributed by atoms with E-state index in [4.69, 9.17) is 4.43 Å². The van der Waals surface area contributed by atoms with E-state index >= 15 is 0 Å². The van der Waals surface area contributed by atoms with Gasteiger partial charge in [0.1, 0.15) is 0 Å². The smallest absolute Gasteiger partial charge is 0.310 e. The Morgan fingerprint density at radius 3 is 2.00 bits per heavy atom. The lowest BCUT2D eigenvalue weighted by Gasteiger charge is -2.40. The molecule has 2 rings (SSSR count). The number of imide groups is 1. The maximum Gasteiger partial charge on any atom is 0.310 e. The second kappa shape index (κ2) is 6.96. The van der Waals surface area contributed by atoms with Gasteiger partial charge in [0.15, 0.2) is 8.32 Å². The van der Waals surface area contributed by atoms with Gasteiger partial charge in [0, 0.05) is 6.54 Å². The number of hydrogen-bond acceptors (Lipinski definition) is 4. The van der Waals surface area contributed by atoms with Crippen molar-refractivity contribution >= 4 is 26.1 Å². The Labute approximate surface area is 155 Å². The van der Waals surface area contributed by atoms with Crippen molar-refractivity contribution < 1.29 is 23.9 Å². The van der Waals surface area contributed by atoms with Crippen molar-refractivity contribution in [3.8, 4) is 0 Å². The van der Waals surface area contributed by atoms with Crippen LogP contribution in [0.1, 0.15) is 48.4 Å². The molecule has 2 amide bonds.